The summed E-state index contributed by atoms with van der Waals surface area (Å²) in [5.41, 5.74) is 0. The Hall–Kier alpha value is -0.570. The van der Waals surface area contributed by atoms with E-state index in [0.29, 0.717) is 6.04 Å². The first-order valence-electron chi connectivity index (χ1n) is 6.06. The van der Waals surface area contributed by atoms with Crippen LogP contribution < -0.4 is 5.32 Å². The highest BCUT2D eigenvalue weighted by atomic mass is 32.1. The third-order valence-electron chi connectivity index (χ3n) is 3.40. The lowest BCUT2D eigenvalue weighted by molar-refractivity contribution is 0.313. The van der Waals surface area contributed by atoms with Crippen molar-refractivity contribution >= 4 is 16.5 Å². The summed E-state index contributed by atoms with van der Waals surface area (Å²) in [5.74, 6) is 0.868. The molecule has 0 saturated heterocycles. The molecule has 1 aliphatic carbocycles. The van der Waals surface area contributed by atoms with Crippen LogP contribution in [0.1, 0.15) is 45.4 Å². The summed E-state index contributed by atoms with van der Waals surface area (Å²) in [4.78, 5) is 4.31. The quantitative estimate of drug-likeness (QED) is 0.838. The van der Waals surface area contributed by atoms with Crippen LogP contribution in [0, 0.1) is 5.92 Å². The Morgan fingerprint density at radius 2 is 2.27 bits per heavy atom. The lowest BCUT2D eigenvalue weighted by atomic mass is 9.83. The largest absolute Gasteiger partial charge is 0.359 e. The molecular formula is C12H20N2S. The average Bonchev–Trinajstić information content (AvgIpc) is 2.80. The number of thiazole rings is 1. The van der Waals surface area contributed by atoms with Gasteiger partial charge in [0.1, 0.15) is 0 Å². The van der Waals surface area contributed by atoms with Gasteiger partial charge < -0.3 is 5.32 Å². The van der Waals surface area contributed by atoms with Crippen molar-refractivity contribution < 1.29 is 0 Å². The molecule has 1 aliphatic rings. The van der Waals surface area contributed by atoms with Gasteiger partial charge in [-0.05, 0) is 25.2 Å². The van der Waals surface area contributed by atoms with Gasteiger partial charge in [-0.2, -0.15) is 0 Å². The van der Waals surface area contributed by atoms with Crippen molar-refractivity contribution in [1.29, 1.82) is 0 Å². The lowest BCUT2D eigenvalue weighted by Gasteiger charge is -2.30. The van der Waals surface area contributed by atoms with Crippen LogP contribution in [0.4, 0.5) is 5.13 Å². The van der Waals surface area contributed by atoms with Crippen molar-refractivity contribution in [3.8, 4) is 0 Å². The van der Waals surface area contributed by atoms with Gasteiger partial charge in [-0.3, -0.25) is 0 Å². The molecule has 2 nitrogen and oxygen atoms in total. The molecule has 0 radical (unpaired) electrons. The SMILES string of the molecule is CCC(Nc1nccs1)C1CCCCC1. The van der Waals surface area contributed by atoms with Gasteiger partial charge in [-0.15, -0.1) is 11.3 Å². The Labute approximate surface area is 96.1 Å². The molecule has 2 rings (SSSR count). The summed E-state index contributed by atoms with van der Waals surface area (Å²) < 4.78 is 0. The van der Waals surface area contributed by atoms with Crippen molar-refractivity contribution in [2.24, 2.45) is 5.92 Å². The number of anilines is 1. The second-order valence-electron chi connectivity index (χ2n) is 4.39. The predicted octanol–water partition coefficient (Wildman–Crippen LogP) is 3.91. The van der Waals surface area contributed by atoms with Crippen LogP contribution in [0.2, 0.25) is 0 Å². The second-order valence-corrected chi connectivity index (χ2v) is 5.29. The minimum absolute atomic E-state index is 0.636. The number of rotatable bonds is 4. The molecule has 0 aliphatic heterocycles. The third kappa shape index (κ3) is 2.94. The number of nitrogens with one attached hydrogen (secondary N) is 1. The lowest BCUT2D eigenvalue weighted by Crippen LogP contribution is -2.29. The van der Waals surface area contributed by atoms with E-state index in [2.05, 4.69) is 17.2 Å². The highest BCUT2D eigenvalue weighted by Crippen LogP contribution is 2.29. The molecule has 1 aromatic heterocycles. The Kier molecular flexibility index (Phi) is 4.01. The van der Waals surface area contributed by atoms with Crippen LogP contribution in [-0.4, -0.2) is 11.0 Å². The van der Waals surface area contributed by atoms with Crippen molar-refractivity contribution in [3.05, 3.63) is 11.6 Å². The van der Waals surface area contributed by atoms with E-state index in [4.69, 9.17) is 0 Å². The van der Waals surface area contributed by atoms with E-state index in [0.717, 1.165) is 11.0 Å². The Bertz CT molecular complexity index is 265. The highest BCUT2D eigenvalue weighted by molar-refractivity contribution is 7.13. The van der Waals surface area contributed by atoms with Gasteiger partial charge in [0.05, 0.1) is 0 Å². The van der Waals surface area contributed by atoms with Crippen LogP contribution in [0.3, 0.4) is 0 Å². The zero-order valence-electron chi connectivity index (χ0n) is 9.41. The van der Waals surface area contributed by atoms with Gasteiger partial charge in [0.15, 0.2) is 5.13 Å². The minimum Gasteiger partial charge on any atom is -0.359 e. The molecular weight excluding hydrogens is 204 g/mol. The molecule has 1 heterocycles. The van der Waals surface area contributed by atoms with Crippen LogP contribution in [-0.2, 0) is 0 Å². The van der Waals surface area contributed by atoms with Crippen LogP contribution in [0.25, 0.3) is 0 Å². The standard InChI is InChI=1S/C12H20N2S/c1-2-11(10-6-4-3-5-7-10)14-12-13-8-9-15-12/h8-11H,2-7H2,1H3,(H,13,14). The maximum atomic E-state index is 4.31. The van der Waals surface area contributed by atoms with Crippen LogP contribution in [0.15, 0.2) is 11.6 Å². The van der Waals surface area contributed by atoms with Gasteiger partial charge in [-0.1, -0.05) is 26.2 Å². The topological polar surface area (TPSA) is 24.9 Å². The maximum absolute atomic E-state index is 4.31. The van der Waals surface area contributed by atoms with Crippen molar-refractivity contribution in [1.82, 2.24) is 4.98 Å². The van der Waals surface area contributed by atoms with Gasteiger partial charge >= 0.3 is 0 Å². The second kappa shape index (κ2) is 5.50. The number of aromatic nitrogens is 1. The van der Waals surface area contributed by atoms with Gasteiger partial charge in [0.25, 0.3) is 0 Å². The van der Waals surface area contributed by atoms with Crippen molar-refractivity contribution in [2.75, 3.05) is 5.32 Å². The van der Waals surface area contributed by atoms with Crippen molar-refractivity contribution in [2.45, 2.75) is 51.5 Å². The number of hydrogen-bond donors (Lipinski definition) is 1. The molecule has 0 spiro atoms. The number of nitrogens with zero attached hydrogens (tertiary/aromatic N) is 1. The van der Waals surface area contributed by atoms with E-state index in [-0.39, 0.29) is 0 Å². The van der Waals surface area contributed by atoms with E-state index in [9.17, 15) is 0 Å². The highest BCUT2D eigenvalue weighted by Gasteiger charge is 2.22. The third-order valence-corrected chi connectivity index (χ3v) is 4.10. The zero-order valence-corrected chi connectivity index (χ0v) is 10.2. The molecule has 1 fully saturated rings. The molecule has 0 bridgehead atoms. The Balaban J connectivity index is 1.91. The van der Waals surface area contributed by atoms with Crippen LogP contribution >= 0.6 is 11.3 Å². The fraction of sp³-hybridized carbons (Fsp3) is 0.750. The predicted molar refractivity (Wildman–Crippen MR) is 66.4 cm³/mol. The molecule has 1 aromatic rings. The molecule has 15 heavy (non-hydrogen) atoms. The fourth-order valence-corrected chi connectivity index (χ4v) is 3.13. The molecule has 84 valence electrons. The molecule has 0 amide bonds. The maximum Gasteiger partial charge on any atom is 0.182 e. The summed E-state index contributed by atoms with van der Waals surface area (Å²) in [6.07, 6.45) is 10.2. The van der Waals surface area contributed by atoms with Crippen molar-refractivity contribution in [3.63, 3.8) is 0 Å². The Morgan fingerprint density at radius 3 is 2.87 bits per heavy atom. The van der Waals surface area contributed by atoms with Gasteiger partial charge in [0, 0.05) is 17.6 Å². The summed E-state index contributed by atoms with van der Waals surface area (Å²) >= 11 is 1.71. The summed E-state index contributed by atoms with van der Waals surface area (Å²) in [6.45, 7) is 2.28. The molecule has 1 saturated carbocycles. The van der Waals surface area contributed by atoms with E-state index in [1.165, 1.54) is 38.5 Å². The van der Waals surface area contributed by atoms with Gasteiger partial charge in [-0.25, -0.2) is 4.98 Å². The van der Waals surface area contributed by atoms with Gasteiger partial charge in [0.2, 0.25) is 0 Å². The normalized spacial score (nSPS) is 20.1. The molecule has 0 aromatic carbocycles. The average molecular weight is 224 g/mol. The van der Waals surface area contributed by atoms with Crippen LogP contribution in [0.5, 0.6) is 0 Å². The number of hydrogen-bond acceptors (Lipinski definition) is 3. The van der Waals surface area contributed by atoms with E-state index < -0.39 is 0 Å². The Morgan fingerprint density at radius 1 is 1.47 bits per heavy atom. The molecule has 1 unspecified atom stereocenters. The molecule has 1 N–H and O–H groups in total. The first kappa shape index (κ1) is 10.9. The van der Waals surface area contributed by atoms with E-state index in [1.807, 2.05) is 11.6 Å². The summed E-state index contributed by atoms with van der Waals surface area (Å²) in [7, 11) is 0. The monoisotopic (exact) mass is 224 g/mol. The smallest absolute Gasteiger partial charge is 0.182 e. The summed E-state index contributed by atoms with van der Waals surface area (Å²) in [6, 6.07) is 0.636. The fourth-order valence-electron chi connectivity index (χ4n) is 2.54. The first-order valence-corrected chi connectivity index (χ1v) is 6.94. The minimum atomic E-state index is 0.636. The van der Waals surface area contributed by atoms with E-state index >= 15 is 0 Å². The molecule has 1 atom stereocenters. The summed E-state index contributed by atoms with van der Waals surface area (Å²) in [5, 5.41) is 6.71. The molecule has 3 heteroatoms. The zero-order chi connectivity index (χ0) is 10.5. The van der Waals surface area contributed by atoms with E-state index in [1.54, 1.807) is 11.3 Å². The first-order chi connectivity index (χ1) is 7.40.